The van der Waals surface area contributed by atoms with Gasteiger partial charge in [-0.15, -0.1) is 0 Å². The van der Waals surface area contributed by atoms with E-state index in [4.69, 9.17) is 14.2 Å². The van der Waals surface area contributed by atoms with Crippen LogP contribution in [0.15, 0.2) is 30.3 Å². The molecule has 15 heteroatoms. The lowest BCUT2D eigenvalue weighted by Gasteiger charge is -2.31. The number of unbranched alkanes of at least 4 members (excludes halogenated alkanes) is 8. The molecule has 0 saturated carbocycles. The molecule has 0 aliphatic carbocycles. The molecule has 0 unspecified atom stereocenters. The minimum absolute atomic E-state index is 0.125. The topological polar surface area (TPSA) is 210 Å². The molecule has 4 atom stereocenters. The highest BCUT2D eigenvalue weighted by molar-refractivity contribution is 5.92. The second kappa shape index (κ2) is 28.1. The Kier molecular flexibility index (Phi) is 25.0. The highest BCUT2D eigenvalue weighted by Crippen LogP contribution is 2.22. The molecule has 1 aromatic carbocycles. The van der Waals surface area contributed by atoms with Crippen molar-refractivity contribution in [3.8, 4) is 0 Å². The molecule has 0 saturated heterocycles. The first kappa shape index (κ1) is 51.6. The number of rotatable bonds is 27. The predicted molar refractivity (Wildman–Crippen MR) is 222 cm³/mol. The Morgan fingerprint density at radius 1 is 0.655 bits per heavy atom. The number of hydrogen-bond acceptors (Lipinski definition) is 10. The summed E-state index contributed by atoms with van der Waals surface area (Å²) in [5.74, 6) is -2.74. The van der Waals surface area contributed by atoms with Crippen LogP contribution in [-0.4, -0.2) is 90.5 Å². The maximum atomic E-state index is 14.0. The highest BCUT2D eigenvalue weighted by atomic mass is 16.6. The van der Waals surface area contributed by atoms with Crippen LogP contribution in [0.25, 0.3) is 0 Å². The summed E-state index contributed by atoms with van der Waals surface area (Å²) in [6.07, 6.45) is 6.58. The van der Waals surface area contributed by atoms with E-state index in [2.05, 4.69) is 33.5 Å². The standard InChI is InChI=1S/C43H73N5O10/c1-9-11-12-13-14-15-16-20-25-32(36(50)39(53)45-29-35(49)56-10-2)46-38(52)34(28-42(3,4)5)47-37(51)33(48-41(55)58-43(6,7)8)26-21-22-27-44-40(54)57-30-31-23-18-17-19-24-31/h17-19,23-24,32-34,36,50H,9-16,20-22,25-30H2,1-8H3,(H,44,54)(H,45,53)(H,46,52)(H,47,51)(H,48,55)/t32-,33+,34+,36+/m1/s1. The van der Waals surface area contributed by atoms with Gasteiger partial charge in [-0.1, -0.05) is 109 Å². The van der Waals surface area contributed by atoms with Crippen molar-refractivity contribution in [1.82, 2.24) is 26.6 Å². The summed E-state index contributed by atoms with van der Waals surface area (Å²) in [5, 5.41) is 24.5. The summed E-state index contributed by atoms with van der Waals surface area (Å²) in [4.78, 5) is 77.8. The van der Waals surface area contributed by atoms with E-state index in [-0.39, 0.29) is 39.0 Å². The molecule has 0 fully saturated rings. The molecule has 0 bridgehead atoms. The number of carbonyl (C=O) groups is 6. The van der Waals surface area contributed by atoms with Crippen molar-refractivity contribution in [1.29, 1.82) is 0 Å². The summed E-state index contributed by atoms with van der Waals surface area (Å²) in [6.45, 7) is 14.7. The molecule has 1 aromatic rings. The van der Waals surface area contributed by atoms with Crippen LogP contribution in [0, 0.1) is 5.41 Å². The lowest BCUT2D eigenvalue weighted by atomic mass is 9.87. The van der Waals surface area contributed by atoms with Gasteiger partial charge in [-0.05, 0) is 70.8 Å². The normalized spacial score (nSPS) is 13.5. The van der Waals surface area contributed by atoms with Gasteiger partial charge in [-0.2, -0.15) is 0 Å². The van der Waals surface area contributed by atoms with Crippen molar-refractivity contribution in [2.45, 2.75) is 175 Å². The minimum Gasteiger partial charge on any atom is -0.465 e. The van der Waals surface area contributed by atoms with Crippen LogP contribution in [0.2, 0.25) is 0 Å². The van der Waals surface area contributed by atoms with Crippen LogP contribution >= 0.6 is 0 Å². The average Bonchev–Trinajstić information content (AvgIpc) is 3.14. The Morgan fingerprint density at radius 2 is 1.26 bits per heavy atom. The zero-order valence-electron chi connectivity index (χ0n) is 36.3. The molecule has 1 rings (SSSR count). The summed E-state index contributed by atoms with van der Waals surface area (Å²) >= 11 is 0. The number of aliphatic hydroxyl groups is 1. The summed E-state index contributed by atoms with van der Waals surface area (Å²) in [7, 11) is 0. The number of ether oxygens (including phenoxy) is 3. The molecule has 0 aromatic heterocycles. The molecule has 58 heavy (non-hydrogen) atoms. The fraction of sp³-hybridized carbons (Fsp3) is 0.721. The van der Waals surface area contributed by atoms with Gasteiger partial charge in [0.25, 0.3) is 5.91 Å². The molecule has 0 spiro atoms. The number of carbonyl (C=O) groups excluding carboxylic acids is 6. The van der Waals surface area contributed by atoms with Crippen molar-refractivity contribution < 1.29 is 48.1 Å². The number of amides is 5. The van der Waals surface area contributed by atoms with Gasteiger partial charge in [0.2, 0.25) is 11.8 Å². The zero-order valence-corrected chi connectivity index (χ0v) is 36.3. The third kappa shape index (κ3) is 25.1. The number of esters is 1. The van der Waals surface area contributed by atoms with Crippen LogP contribution in [0.3, 0.4) is 0 Å². The lowest BCUT2D eigenvalue weighted by Crippen LogP contribution is -2.58. The van der Waals surface area contributed by atoms with Crippen molar-refractivity contribution in [2.24, 2.45) is 5.41 Å². The van der Waals surface area contributed by atoms with Crippen LogP contribution in [0.4, 0.5) is 9.59 Å². The first-order valence-electron chi connectivity index (χ1n) is 21.0. The van der Waals surface area contributed by atoms with Crippen LogP contribution in [0.1, 0.15) is 144 Å². The van der Waals surface area contributed by atoms with Crippen LogP contribution in [0.5, 0.6) is 0 Å². The Labute approximate surface area is 346 Å². The Hall–Kier alpha value is -4.40. The molecule has 0 radical (unpaired) electrons. The second-order valence-electron chi connectivity index (χ2n) is 16.9. The number of hydrogen-bond donors (Lipinski definition) is 6. The molecule has 0 aliphatic rings. The maximum Gasteiger partial charge on any atom is 0.408 e. The van der Waals surface area contributed by atoms with E-state index in [1.807, 2.05) is 51.1 Å². The van der Waals surface area contributed by atoms with E-state index in [1.165, 1.54) is 12.8 Å². The van der Waals surface area contributed by atoms with E-state index in [1.54, 1.807) is 27.7 Å². The van der Waals surface area contributed by atoms with E-state index >= 15 is 0 Å². The summed E-state index contributed by atoms with van der Waals surface area (Å²) in [6, 6.07) is 6.05. The SMILES string of the molecule is CCCCCCCCCC[C@@H](NC(=O)[C@H](CC(C)(C)C)NC(=O)[C@H](CCCCNC(=O)OCc1ccccc1)NC(=O)OC(C)(C)C)[C@H](O)C(=O)NCC(=O)OCC. The van der Waals surface area contributed by atoms with E-state index in [0.717, 1.165) is 37.7 Å². The molecule has 330 valence electrons. The summed E-state index contributed by atoms with van der Waals surface area (Å²) in [5.41, 5.74) is -0.436. The number of nitrogens with one attached hydrogen (secondary N) is 5. The van der Waals surface area contributed by atoms with Crippen LogP contribution in [-0.2, 0) is 40.0 Å². The van der Waals surface area contributed by atoms with E-state index in [0.29, 0.717) is 19.3 Å². The zero-order chi connectivity index (χ0) is 43.6. The molecule has 0 heterocycles. The quantitative estimate of drug-likeness (QED) is 0.0349. The smallest absolute Gasteiger partial charge is 0.408 e. The van der Waals surface area contributed by atoms with Gasteiger partial charge in [-0.3, -0.25) is 19.2 Å². The van der Waals surface area contributed by atoms with Crippen molar-refractivity contribution in [2.75, 3.05) is 19.7 Å². The van der Waals surface area contributed by atoms with E-state index in [9.17, 15) is 33.9 Å². The second-order valence-corrected chi connectivity index (χ2v) is 16.9. The van der Waals surface area contributed by atoms with Crippen molar-refractivity contribution in [3.05, 3.63) is 35.9 Å². The third-order valence-electron chi connectivity index (χ3n) is 8.92. The molecule has 0 aliphatic heterocycles. The summed E-state index contributed by atoms with van der Waals surface area (Å²) < 4.78 is 15.5. The van der Waals surface area contributed by atoms with Crippen molar-refractivity contribution >= 4 is 35.9 Å². The van der Waals surface area contributed by atoms with Crippen LogP contribution < -0.4 is 26.6 Å². The van der Waals surface area contributed by atoms with Gasteiger partial charge in [0, 0.05) is 6.54 Å². The van der Waals surface area contributed by atoms with Gasteiger partial charge in [0.05, 0.1) is 12.6 Å². The fourth-order valence-electron chi connectivity index (χ4n) is 6.00. The van der Waals surface area contributed by atoms with E-state index < -0.39 is 77.7 Å². The molecule has 6 N–H and O–H groups in total. The van der Waals surface area contributed by atoms with Crippen molar-refractivity contribution in [3.63, 3.8) is 0 Å². The average molecular weight is 820 g/mol. The Morgan fingerprint density at radius 3 is 1.86 bits per heavy atom. The van der Waals surface area contributed by atoms with Gasteiger partial charge in [0.15, 0.2) is 6.10 Å². The lowest BCUT2D eigenvalue weighted by molar-refractivity contribution is -0.145. The first-order valence-corrected chi connectivity index (χ1v) is 21.0. The number of aliphatic hydroxyl groups excluding tert-OH is 1. The highest BCUT2D eigenvalue weighted by Gasteiger charge is 2.34. The molecular formula is C43H73N5O10. The largest absolute Gasteiger partial charge is 0.465 e. The fourth-order valence-corrected chi connectivity index (χ4v) is 6.00. The molecule has 5 amide bonds. The maximum absolute atomic E-state index is 14.0. The Balaban J connectivity index is 3.08. The monoisotopic (exact) mass is 820 g/mol. The first-order chi connectivity index (χ1) is 27.3. The molecular weight excluding hydrogens is 746 g/mol. The van der Waals surface area contributed by atoms with Gasteiger partial charge in [0.1, 0.15) is 30.8 Å². The Bertz CT molecular complexity index is 1380. The predicted octanol–water partition coefficient (Wildman–Crippen LogP) is 5.95. The third-order valence-corrected chi connectivity index (χ3v) is 8.92. The van der Waals surface area contributed by atoms with Gasteiger partial charge in [-0.25, -0.2) is 9.59 Å². The van der Waals surface area contributed by atoms with Gasteiger partial charge < -0.3 is 45.9 Å². The van der Waals surface area contributed by atoms with Gasteiger partial charge >= 0.3 is 18.2 Å². The number of alkyl carbamates (subject to hydrolysis) is 2. The molecule has 15 nitrogen and oxygen atoms in total. The minimum atomic E-state index is -1.68. The number of benzene rings is 1.